The Hall–Kier alpha value is -1.41. The first-order chi connectivity index (χ1) is 14.0. The molecule has 2 aromatic carbocycles. The molecule has 1 N–H and O–H groups in total. The number of hydrogen-bond donors (Lipinski definition) is 1. The Morgan fingerprint density at radius 2 is 1.76 bits per heavy atom. The fourth-order valence-electron chi connectivity index (χ4n) is 2.37. The van der Waals surface area contributed by atoms with Gasteiger partial charge in [0.2, 0.25) is 0 Å². The topological polar surface area (TPSA) is 41.5 Å². The number of nitrogens with zero attached hydrogens (tertiary/aromatic N) is 1. The molecular formula is C20H11Cl3N2OS3. The van der Waals surface area contributed by atoms with E-state index in [0.29, 0.717) is 30.8 Å². The molecule has 0 bridgehead atoms. The van der Waals surface area contributed by atoms with E-state index in [-0.39, 0.29) is 5.91 Å². The fraction of sp³-hybridized carbons (Fsp3) is 0. The van der Waals surface area contributed by atoms with Gasteiger partial charge in [-0.15, -0.1) is 11.3 Å². The van der Waals surface area contributed by atoms with E-state index in [1.165, 1.54) is 11.8 Å². The van der Waals surface area contributed by atoms with Crippen molar-refractivity contribution in [3.05, 3.63) is 79.4 Å². The highest BCUT2D eigenvalue weighted by atomic mass is 35.5. The number of halogens is 3. The summed E-state index contributed by atoms with van der Waals surface area (Å²) in [6.45, 7) is 0. The van der Waals surface area contributed by atoms with E-state index in [2.05, 4.69) is 10.3 Å². The number of aliphatic imine (C=N–C) groups is 1. The lowest BCUT2D eigenvalue weighted by Gasteiger charge is -1.98. The Labute approximate surface area is 195 Å². The van der Waals surface area contributed by atoms with Crippen LogP contribution in [0.3, 0.4) is 0 Å². The van der Waals surface area contributed by atoms with Gasteiger partial charge in [0.15, 0.2) is 5.17 Å². The Morgan fingerprint density at radius 1 is 0.966 bits per heavy atom. The predicted molar refractivity (Wildman–Crippen MR) is 127 cm³/mol. The van der Waals surface area contributed by atoms with Crippen molar-refractivity contribution in [3.63, 3.8) is 0 Å². The molecule has 0 unspecified atom stereocenters. The molecule has 146 valence electrons. The van der Waals surface area contributed by atoms with E-state index in [1.807, 2.05) is 42.5 Å². The fourth-order valence-corrected chi connectivity index (χ4v) is 5.76. The smallest absolute Gasteiger partial charge is 0.264 e. The summed E-state index contributed by atoms with van der Waals surface area (Å²) in [5.41, 5.74) is 0.626. The third-order valence-corrected chi connectivity index (χ3v) is 7.77. The van der Waals surface area contributed by atoms with Gasteiger partial charge in [-0.1, -0.05) is 46.6 Å². The lowest BCUT2D eigenvalue weighted by Crippen LogP contribution is -2.19. The highest BCUT2D eigenvalue weighted by Gasteiger charge is 2.24. The number of carbonyl (C=O) groups excluding carboxylic acids is 1. The zero-order valence-electron chi connectivity index (χ0n) is 14.5. The largest absolute Gasteiger partial charge is 0.300 e. The van der Waals surface area contributed by atoms with Gasteiger partial charge < -0.3 is 5.32 Å². The third kappa shape index (κ3) is 5.40. The highest BCUT2D eigenvalue weighted by molar-refractivity contribution is 8.18. The van der Waals surface area contributed by atoms with Crippen molar-refractivity contribution in [1.29, 1.82) is 0 Å². The van der Waals surface area contributed by atoms with E-state index >= 15 is 0 Å². The number of thiophene rings is 1. The maximum atomic E-state index is 12.3. The van der Waals surface area contributed by atoms with Crippen LogP contribution in [0.1, 0.15) is 4.88 Å². The molecule has 1 fully saturated rings. The summed E-state index contributed by atoms with van der Waals surface area (Å²) < 4.78 is 1.13. The summed E-state index contributed by atoms with van der Waals surface area (Å²) in [6.07, 6.45) is 1.87. The quantitative estimate of drug-likeness (QED) is 0.375. The van der Waals surface area contributed by atoms with Crippen LogP contribution in [0.15, 0.2) is 73.6 Å². The Balaban J connectivity index is 1.48. The SMILES string of the molecule is O=C1NC(=Nc2ccc(Cl)c(Cl)c2)S/C1=C/c1ccc(Sc2ccc(Cl)cc2)s1. The zero-order chi connectivity index (χ0) is 20.4. The zero-order valence-corrected chi connectivity index (χ0v) is 19.2. The molecule has 0 radical (unpaired) electrons. The summed E-state index contributed by atoms with van der Waals surface area (Å²) in [6, 6.07) is 16.8. The molecule has 3 aromatic rings. The van der Waals surface area contributed by atoms with Crippen LogP contribution in [-0.2, 0) is 4.79 Å². The molecule has 1 aromatic heterocycles. The van der Waals surface area contributed by atoms with E-state index in [4.69, 9.17) is 34.8 Å². The van der Waals surface area contributed by atoms with Crippen molar-refractivity contribution in [2.24, 2.45) is 4.99 Å². The molecule has 4 rings (SSSR count). The molecule has 29 heavy (non-hydrogen) atoms. The molecule has 2 heterocycles. The minimum absolute atomic E-state index is 0.172. The molecule has 3 nitrogen and oxygen atoms in total. The van der Waals surface area contributed by atoms with Gasteiger partial charge in [0.25, 0.3) is 5.91 Å². The summed E-state index contributed by atoms with van der Waals surface area (Å²) in [5, 5.41) is 4.88. The van der Waals surface area contributed by atoms with Crippen LogP contribution in [0.4, 0.5) is 5.69 Å². The Bertz CT molecular complexity index is 1140. The maximum absolute atomic E-state index is 12.3. The van der Waals surface area contributed by atoms with E-state index < -0.39 is 0 Å². The predicted octanol–water partition coefficient (Wildman–Crippen LogP) is 7.75. The highest BCUT2D eigenvalue weighted by Crippen LogP contribution is 2.36. The average molecular weight is 498 g/mol. The molecule has 0 spiro atoms. The first-order valence-corrected chi connectivity index (χ1v) is 11.8. The number of benzene rings is 2. The van der Waals surface area contributed by atoms with Crippen LogP contribution in [-0.4, -0.2) is 11.1 Å². The normalized spacial score (nSPS) is 16.6. The molecule has 0 atom stereocenters. The number of amides is 1. The Kier molecular flexibility index (Phi) is 6.59. The first kappa shape index (κ1) is 20.8. The minimum Gasteiger partial charge on any atom is -0.300 e. The van der Waals surface area contributed by atoms with Crippen molar-refractivity contribution in [1.82, 2.24) is 5.32 Å². The van der Waals surface area contributed by atoms with Crippen LogP contribution < -0.4 is 5.32 Å². The van der Waals surface area contributed by atoms with Gasteiger partial charge in [0.05, 0.1) is 24.8 Å². The van der Waals surface area contributed by atoms with Crippen molar-refractivity contribution >= 4 is 92.5 Å². The molecule has 0 saturated carbocycles. The average Bonchev–Trinajstić information content (AvgIpc) is 3.27. The summed E-state index contributed by atoms with van der Waals surface area (Å²) in [7, 11) is 0. The van der Waals surface area contributed by atoms with Gasteiger partial charge >= 0.3 is 0 Å². The molecule has 9 heteroatoms. The van der Waals surface area contributed by atoms with Gasteiger partial charge in [0, 0.05) is 14.8 Å². The van der Waals surface area contributed by atoms with Gasteiger partial charge in [-0.2, -0.15) is 0 Å². The lowest BCUT2D eigenvalue weighted by atomic mass is 10.3. The van der Waals surface area contributed by atoms with Gasteiger partial charge in [-0.3, -0.25) is 4.79 Å². The van der Waals surface area contributed by atoms with Gasteiger partial charge in [-0.25, -0.2) is 4.99 Å². The number of thioether (sulfide) groups is 1. The molecule has 0 aliphatic carbocycles. The van der Waals surface area contributed by atoms with Crippen LogP contribution in [0, 0.1) is 0 Å². The molecule has 1 amide bonds. The first-order valence-electron chi connectivity index (χ1n) is 8.24. The summed E-state index contributed by atoms with van der Waals surface area (Å²) in [5.74, 6) is -0.172. The van der Waals surface area contributed by atoms with Crippen LogP contribution in [0.2, 0.25) is 15.1 Å². The van der Waals surface area contributed by atoms with Crippen molar-refractivity contribution in [3.8, 4) is 0 Å². The molecule has 1 aliphatic rings. The van der Waals surface area contributed by atoms with Gasteiger partial charge in [0.1, 0.15) is 0 Å². The summed E-state index contributed by atoms with van der Waals surface area (Å²) in [4.78, 5) is 19.4. The van der Waals surface area contributed by atoms with E-state index in [9.17, 15) is 4.79 Å². The molecule has 1 saturated heterocycles. The number of hydrogen-bond acceptors (Lipinski definition) is 5. The van der Waals surface area contributed by atoms with E-state index in [0.717, 1.165) is 14.0 Å². The van der Waals surface area contributed by atoms with Crippen LogP contribution in [0.5, 0.6) is 0 Å². The number of amidine groups is 1. The Morgan fingerprint density at radius 3 is 2.52 bits per heavy atom. The second-order valence-electron chi connectivity index (χ2n) is 5.79. The second kappa shape index (κ2) is 9.16. The molecular weight excluding hydrogens is 487 g/mol. The second-order valence-corrected chi connectivity index (χ2v) is 10.6. The third-order valence-electron chi connectivity index (χ3n) is 3.69. The van der Waals surface area contributed by atoms with Crippen LogP contribution in [0.25, 0.3) is 6.08 Å². The number of carbonyl (C=O) groups is 1. The van der Waals surface area contributed by atoms with Gasteiger partial charge in [-0.05, 0) is 72.4 Å². The standard InChI is InChI=1S/C20H11Cl3N2OS3/c21-11-1-4-13(5-2-11)27-18-8-6-14(28-18)10-17-19(26)25-20(29-17)24-12-3-7-15(22)16(23)9-12/h1-10H,(H,24,25,26)/b17-10+. The summed E-state index contributed by atoms with van der Waals surface area (Å²) >= 11 is 22.4. The minimum atomic E-state index is -0.172. The monoisotopic (exact) mass is 496 g/mol. The number of rotatable bonds is 4. The molecule has 1 aliphatic heterocycles. The lowest BCUT2D eigenvalue weighted by molar-refractivity contribution is -0.115. The number of nitrogens with one attached hydrogen (secondary N) is 1. The van der Waals surface area contributed by atoms with E-state index in [1.54, 1.807) is 41.3 Å². The van der Waals surface area contributed by atoms with Crippen molar-refractivity contribution < 1.29 is 4.79 Å². The van der Waals surface area contributed by atoms with Crippen molar-refractivity contribution in [2.45, 2.75) is 9.10 Å². The maximum Gasteiger partial charge on any atom is 0.264 e. The van der Waals surface area contributed by atoms with Crippen molar-refractivity contribution in [2.75, 3.05) is 0 Å². The van der Waals surface area contributed by atoms with Crippen LogP contribution >= 0.6 is 69.7 Å².